The lowest BCUT2D eigenvalue weighted by molar-refractivity contribution is -0.122. The summed E-state index contributed by atoms with van der Waals surface area (Å²) in [5.41, 5.74) is 10.6. The van der Waals surface area contributed by atoms with Crippen LogP contribution in [0.15, 0.2) is 53.9 Å². The molecule has 2 aromatic rings. The van der Waals surface area contributed by atoms with E-state index in [1.807, 2.05) is 43.3 Å². The van der Waals surface area contributed by atoms with Crippen LogP contribution in [0.3, 0.4) is 0 Å². The third-order valence-electron chi connectivity index (χ3n) is 3.89. The molecule has 1 aromatic heterocycles. The minimum atomic E-state index is -0.345. The van der Waals surface area contributed by atoms with Crippen molar-refractivity contribution in [2.45, 2.75) is 25.4 Å². The zero-order valence-electron chi connectivity index (χ0n) is 14.0. The van der Waals surface area contributed by atoms with Gasteiger partial charge in [-0.3, -0.25) is 9.78 Å². The molecule has 0 aliphatic carbocycles. The molecule has 1 saturated heterocycles. The Balaban J connectivity index is 1.51. The fraction of sp³-hybridized carbons (Fsp3) is 0.278. The quantitative estimate of drug-likeness (QED) is 0.549. The molecular formula is C18H21N5O2. The van der Waals surface area contributed by atoms with E-state index in [2.05, 4.69) is 26.4 Å². The van der Waals surface area contributed by atoms with Crippen LogP contribution in [0.1, 0.15) is 30.5 Å². The number of hydrogen-bond donors (Lipinski definition) is 3. The number of ether oxygens (including phenoxy) is 1. The van der Waals surface area contributed by atoms with Gasteiger partial charge in [0.25, 0.3) is 5.91 Å². The van der Waals surface area contributed by atoms with Gasteiger partial charge >= 0.3 is 0 Å². The van der Waals surface area contributed by atoms with Crippen LogP contribution in [-0.4, -0.2) is 29.8 Å². The molecule has 0 radical (unpaired) electrons. The SMILES string of the molecule is CCOc1ccc(C2CC(C(=O)N/N=C/c3cccnc3)NN2)cc1. The van der Waals surface area contributed by atoms with Crippen LogP contribution in [0.25, 0.3) is 0 Å². The van der Waals surface area contributed by atoms with Crippen molar-refractivity contribution < 1.29 is 9.53 Å². The molecule has 1 fully saturated rings. The van der Waals surface area contributed by atoms with Gasteiger partial charge in [0.15, 0.2) is 0 Å². The van der Waals surface area contributed by atoms with Gasteiger partial charge in [0, 0.05) is 24.0 Å². The molecule has 0 bridgehead atoms. The Morgan fingerprint density at radius 3 is 2.92 bits per heavy atom. The van der Waals surface area contributed by atoms with Crippen molar-refractivity contribution in [2.24, 2.45) is 5.10 Å². The van der Waals surface area contributed by atoms with Crippen molar-refractivity contribution in [1.82, 2.24) is 21.3 Å². The van der Waals surface area contributed by atoms with Gasteiger partial charge in [-0.05, 0) is 37.1 Å². The number of benzene rings is 1. The van der Waals surface area contributed by atoms with Crippen LogP contribution >= 0.6 is 0 Å². The molecule has 1 aliphatic rings. The van der Waals surface area contributed by atoms with Gasteiger partial charge in [-0.25, -0.2) is 16.3 Å². The first kappa shape index (κ1) is 17.1. The average molecular weight is 339 g/mol. The van der Waals surface area contributed by atoms with E-state index in [1.54, 1.807) is 18.6 Å². The molecule has 7 heteroatoms. The largest absolute Gasteiger partial charge is 0.494 e. The predicted molar refractivity (Wildman–Crippen MR) is 95.0 cm³/mol. The van der Waals surface area contributed by atoms with E-state index in [0.717, 1.165) is 16.9 Å². The Kier molecular flexibility index (Phi) is 5.71. The second kappa shape index (κ2) is 8.36. The Hall–Kier alpha value is -2.77. The zero-order valence-corrected chi connectivity index (χ0v) is 14.0. The summed E-state index contributed by atoms with van der Waals surface area (Å²) in [6.45, 7) is 2.60. The summed E-state index contributed by atoms with van der Waals surface area (Å²) in [6.07, 6.45) is 5.57. The summed E-state index contributed by atoms with van der Waals surface area (Å²) in [7, 11) is 0. The van der Waals surface area contributed by atoms with E-state index in [-0.39, 0.29) is 18.0 Å². The zero-order chi connectivity index (χ0) is 17.5. The number of carbonyl (C=O) groups excluding carboxylic acids is 1. The van der Waals surface area contributed by atoms with Crippen molar-refractivity contribution in [2.75, 3.05) is 6.61 Å². The van der Waals surface area contributed by atoms with Crippen molar-refractivity contribution >= 4 is 12.1 Å². The second-order valence-electron chi connectivity index (χ2n) is 5.65. The van der Waals surface area contributed by atoms with Crippen molar-refractivity contribution in [3.63, 3.8) is 0 Å². The Labute approximate surface area is 146 Å². The fourth-order valence-electron chi connectivity index (χ4n) is 2.61. The van der Waals surface area contributed by atoms with Crippen molar-refractivity contribution in [1.29, 1.82) is 0 Å². The topological polar surface area (TPSA) is 87.6 Å². The minimum Gasteiger partial charge on any atom is -0.494 e. The minimum absolute atomic E-state index is 0.0636. The molecule has 3 N–H and O–H groups in total. The van der Waals surface area contributed by atoms with E-state index in [0.29, 0.717) is 13.0 Å². The molecule has 2 heterocycles. The lowest BCUT2D eigenvalue weighted by atomic mass is 10.0. The van der Waals surface area contributed by atoms with Crippen LogP contribution in [-0.2, 0) is 4.79 Å². The number of hydrogen-bond acceptors (Lipinski definition) is 6. The molecule has 1 aromatic carbocycles. The average Bonchev–Trinajstić information content (AvgIpc) is 3.14. The molecule has 0 spiro atoms. The molecule has 1 aliphatic heterocycles. The first-order valence-corrected chi connectivity index (χ1v) is 8.23. The number of hydrazone groups is 1. The van der Waals surface area contributed by atoms with E-state index >= 15 is 0 Å². The van der Waals surface area contributed by atoms with E-state index < -0.39 is 0 Å². The third kappa shape index (κ3) is 4.62. The third-order valence-corrected chi connectivity index (χ3v) is 3.89. The molecule has 25 heavy (non-hydrogen) atoms. The van der Waals surface area contributed by atoms with E-state index in [4.69, 9.17) is 4.74 Å². The number of carbonyl (C=O) groups is 1. The number of amides is 1. The summed E-state index contributed by atoms with van der Waals surface area (Å²) < 4.78 is 5.44. The Morgan fingerprint density at radius 2 is 2.20 bits per heavy atom. The van der Waals surface area contributed by atoms with Gasteiger partial charge in [-0.2, -0.15) is 5.10 Å². The van der Waals surface area contributed by atoms with Gasteiger partial charge in [0.1, 0.15) is 11.8 Å². The normalized spacial score (nSPS) is 19.9. The molecular weight excluding hydrogens is 318 g/mol. The fourth-order valence-corrected chi connectivity index (χ4v) is 2.61. The molecule has 0 saturated carbocycles. The van der Waals surface area contributed by atoms with Crippen LogP contribution in [0, 0.1) is 0 Å². The molecule has 2 unspecified atom stereocenters. The maximum atomic E-state index is 12.2. The van der Waals surface area contributed by atoms with Gasteiger partial charge in [0.2, 0.25) is 0 Å². The van der Waals surface area contributed by atoms with Crippen LogP contribution < -0.4 is 21.0 Å². The van der Waals surface area contributed by atoms with Crippen molar-refractivity contribution in [3.05, 3.63) is 59.9 Å². The summed E-state index contributed by atoms with van der Waals surface area (Å²) in [5.74, 6) is 0.664. The first-order chi connectivity index (χ1) is 12.3. The number of aromatic nitrogens is 1. The van der Waals surface area contributed by atoms with Gasteiger partial charge in [0.05, 0.1) is 12.8 Å². The van der Waals surface area contributed by atoms with Crippen LogP contribution in [0.4, 0.5) is 0 Å². The summed E-state index contributed by atoms with van der Waals surface area (Å²) in [5, 5.41) is 3.97. The van der Waals surface area contributed by atoms with Crippen LogP contribution in [0.2, 0.25) is 0 Å². The number of nitrogens with zero attached hydrogens (tertiary/aromatic N) is 2. The number of nitrogens with one attached hydrogen (secondary N) is 3. The standard InChI is InChI=1S/C18H21N5O2/c1-2-25-15-7-5-14(6-8-15)16-10-17(22-21-16)18(24)23-20-12-13-4-3-9-19-11-13/h3-9,11-12,16-17,21-22H,2,10H2,1H3,(H,23,24)/b20-12+. The highest BCUT2D eigenvalue weighted by Crippen LogP contribution is 2.24. The maximum absolute atomic E-state index is 12.2. The number of hydrazine groups is 1. The molecule has 130 valence electrons. The number of rotatable bonds is 6. The molecule has 2 atom stereocenters. The van der Waals surface area contributed by atoms with E-state index in [9.17, 15) is 4.79 Å². The van der Waals surface area contributed by atoms with Gasteiger partial charge < -0.3 is 4.74 Å². The van der Waals surface area contributed by atoms with Gasteiger partial charge in [-0.15, -0.1) is 0 Å². The lowest BCUT2D eigenvalue weighted by Crippen LogP contribution is -2.41. The molecule has 7 nitrogen and oxygen atoms in total. The molecule has 1 amide bonds. The van der Waals surface area contributed by atoms with Crippen molar-refractivity contribution in [3.8, 4) is 5.75 Å². The highest BCUT2D eigenvalue weighted by Gasteiger charge is 2.29. The summed E-state index contributed by atoms with van der Waals surface area (Å²) in [4.78, 5) is 16.2. The highest BCUT2D eigenvalue weighted by atomic mass is 16.5. The van der Waals surface area contributed by atoms with Crippen LogP contribution in [0.5, 0.6) is 5.75 Å². The number of pyridine rings is 1. The summed E-state index contributed by atoms with van der Waals surface area (Å²) in [6, 6.07) is 11.3. The summed E-state index contributed by atoms with van der Waals surface area (Å²) >= 11 is 0. The predicted octanol–water partition coefficient (Wildman–Crippen LogP) is 1.54. The maximum Gasteiger partial charge on any atom is 0.258 e. The lowest BCUT2D eigenvalue weighted by Gasteiger charge is -2.10. The monoisotopic (exact) mass is 339 g/mol. The van der Waals surface area contributed by atoms with E-state index in [1.165, 1.54) is 0 Å². The Morgan fingerprint density at radius 1 is 1.36 bits per heavy atom. The smallest absolute Gasteiger partial charge is 0.258 e. The molecule has 3 rings (SSSR count). The highest BCUT2D eigenvalue weighted by molar-refractivity contribution is 5.84. The first-order valence-electron chi connectivity index (χ1n) is 8.23. The van der Waals surface area contributed by atoms with Gasteiger partial charge in [-0.1, -0.05) is 18.2 Å². The second-order valence-corrected chi connectivity index (χ2v) is 5.65. The Bertz CT molecular complexity index is 718.